The Labute approximate surface area is 174 Å². The minimum Gasteiger partial charge on any atom is -0.492 e. The fourth-order valence-electron chi connectivity index (χ4n) is 3.88. The van der Waals surface area contributed by atoms with Crippen LogP contribution in [0, 0.1) is 0 Å². The van der Waals surface area contributed by atoms with Crippen LogP contribution in [0.3, 0.4) is 0 Å². The molecule has 4 rings (SSSR count). The summed E-state index contributed by atoms with van der Waals surface area (Å²) in [7, 11) is 0. The zero-order valence-corrected chi connectivity index (χ0v) is 16.7. The number of nitrogens with one attached hydrogen (secondary N) is 2. The number of hydrogen-bond acceptors (Lipinski definition) is 4. The van der Waals surface area contributed by atoms with Gasteiger partial charge in [-0.15, -0.1) is 0 Å². The highest BCUT2D eigenvalue weighted by Gasteiger charge is 2.30. The highest BCUT2D eigenvalue weighted by Crippen LogP contribution is 2.38. The zero-order chi connectivity index (χ0) is 20.2. The lowest BCUT2D eigenvalue weighted by molar-refractivity contribution is -0.120. The Morgan fingerprint density at radius 2 is 2.10 bits per heavy atom. The summed E-state index contributed by atoms with van der Waals surface area (Å²) < 4.78 is 5.74. The minimum absolute atomic E-state index is 0.159. The molecule has 2 heterocycles. The molecule has 1 aliphatic heterocycles. The molecule has 150 valence electrons. The lowest BCUT2D eigenvalue weighted by Crippen LogP contribution is -2.34. The number of ether oxygens (including phenoxy) is 1. The molecule has 0 spiro atoms. The lowest BCUT2D eigenvalue weighted by Gasteiger charge is -2.33. The summed E-state index contributed by atoms with van der Waals surface area (Å²) >= 11 is 6.21. The Bertz CT molecular complexity index is 1030. The van der Waals surface area contributed by atoms with Gasteiger partial charge in [0.05, 0.1) is 6.04 Å². The van der Waals surface area contributed by atoms with E-state index in [0.29, 0.717) is 24.7 Å². The molecule has 0 aliphatic carbocycles. The van der Waals surface area contributed by atoms with E-state index in [1.54, 1.807) is 6.20 Å². The van der Waals surface area contributed by atoms with Gasteiger partial charge in [-0.1, -0.05) is 23.7 Å². The van der Waals surface area contributed by atoms with Crippen molar-refractivity contribution in [3.63, 3.8) is 0 Å². The highest BCUT2D eigenvalue weighted by molar-refractivity contribution is 6.31. The van der Waals surface area contributed by atoms with Crippen LogP contribution in [-0.4, -0.2) is 36.0 Å². The number of nitrogens with two attached hydrogens (primary N) is 1. The highest BCUT2D eigenvalue weighted by atomic mass is 35.5. The number of aromatic nitrogens is 1. The van der Waals surface area contributed by atoms with E-state index in [-0.39, 0.29) is 6.04 Å². The summed E-state index contributed by atoms with van der Waals surface area (Å²) in [5.41, 5.74) is 9.62. The van der Waals surface area contributed by atoms with Crippen molar-refractivity contribution in [3.05, 3.63) is 76.7 Å². The van der Waals surface area contributed by atoms with Crippen LogP contribution >= 0.6 is 11.6 Å². The molecule has 6 nitrogen and oxygen atoms in total. The number of hydrogen-bond donors (Lipinski definition) is 3. The Kier molecular flexibility index (Phi) is 5.62. The van der Waals surface area contributed by atoms with E-state index in [1.165, 1.54) is 11.8 Å². The fraction of sp³-hybridized carbons (Fsp3) is 0.227. The summed E-state index contributed by atoms with van der Waals surface area (Å²) in [5, 5.41) is 4.86. The smallest absolute Gasteiger partial charge is 0.210 e. The Morgan fingerprint density at radius 3 is 2.86 bits per heavy atom. The molecule has 2 aromatic carbocycles. The molecule has 1 aromatic heterocycles. The second-order valence-corrected chi connectivity index (χ2v) is 7.37. The van der Waals surface area contributed by atoms with E-state index < -0.39 is 0 Å². The van der Waals surface area contributed by atoms with Crippen LogP contribution in [0.4, 0.5) is 0 Å². The summed E-state index contributed by atoms with van der Waals surface area (Å²) in [6, 6.07) is 13.6. The first-order chi connectivity index (χ1) is 14.2. The number of halogens is 1. The predicted molar refractivity (Wildman–Crippen MR) is 115 cm³/mol. The predicted octanol–water partition coefficient (Wildman–Crippen LogP) is 3.32. The second-order valence-electron chi connectivity index (χ2n) is 6.93. The lowest BCUT2D eigenvalue weighted by atomic mass is 9.93. The molecule has 4 N–H and O–H groups in total. The van der Waals surface area contributed by atoms with Gasteiger partial charge in [-0.25, -0.2) is 0 Å². The first-order valence-corrected chi connectivity index (χ1v) is 9.93. The molecular formula is C22H23ClN4O2. The van der Waals surface area contributed by atoms with Crippen molar-refractivity contribution >= 4 is 28.9 Å². The van der Waals surface area contributed by atoms with Crippen LogP contribution in [0.15, 0.2) is 54.9 Å². The van der Waals surface area contributed by atoms with Crippen molar-refractivity contribution in [1.29, 1.82) is 0 Å². The molecule has 1 unspecified atom stereocenters. The molecule has 7 heteroatoms. The molecule has 0 saturated heterocycles. The van der Waals surface area contributed by atoms with Gasteiger partial charge in [0.25, 0.3) is 0 Å². The van der Waals surface area contributed by atoms with E-state index in [2.05, 4.69) is 10.3 Å². The van der Waals surface area contributed by atoms with Gasteiger partial charge in [0, 0.05) is 47.1 Å². The molecule has 1 atom stereocenters. The molecule has 0 fully saturated rings. The maximum absolute atomic E-state index is 11.8. The van der Waals surface area contributed by atoms with E-state index in [4.69, 9.17) is 22.1 Å². The quantitative estimate of drug-likeness (QED) is 0.412. The molecule has 3 aromatic rings. The number of aromatic amines is 1. The molecule has 29 heavy (non-hydrogen) atoms. The van der Waals surface area contributed by atoms with Crippen LogP contribution in [-0.2, 0) is 11.2 Å². The van der Waals surface area contributed by atoms with Crippen LogP contribution in [0.25, 0.3) is 10.9 Å². The van der Waals surface area contributed by atoms with Gasteiger partial charge in [0.1, 0.15) is 12.4 Å². The second kappa shape index (κ2) is 8.49. The van der Waals surface area contributed by atoms with Crippen LogP contribution < -0.4 is 15.8 Å². The first kappa shape index (κ1) is 19.2. The third kappa shape index (κ3) is 3.89. The molecule has 0 radical (unpaired) electrons. The normalized spacial score (nSPS) is 16.2. The van der Waals surface area contributed by atoms with E-state index in [1.807, 2.05) is 47.4 Å². The van der Waals surface area contributed by atoms with Crippen molar-refractivity contribution in [2.45, 2.75) is 12.5 Å². The van der Waals surface area contributed by atoms with E-state index >= 15 is 0 Å². The van der Waals surface area contributed by atoms with Crippen LogP contribution in [0.2, 0.25) is 5.02 Å². The Balaban J connectivity index is 1.60. The van der Waals surface area contributed by atoms with Gasteiger partial charge >= 0.3 is 0 Å². The number of nitrogens with zero attached hydrogens (tertiary/aromatic N) is 1. The summed E-state index contributed by atoms with van der Waals surface area (Å²) in [6.45, 7) is 1.86. The third-order valence-corrected chi connectivity index (χ3v) is 5.42. The van der Waals surface area contributed by atoms with Crippen molar-refractivity contribution in [2.24, 2.45) is 5.73 Å². The summed E-state index contributed by atoms with van der Waals surface area (Å²) in [4.78, 5) is 17.1. The summed E-state index contributed by atoms with van der Waals surface area (Å²) in [6.07, 6.45) is 4.85. The van der Waals surface area contributed by atoms with E-state index in [9.17, 15) is 4.79 Å². The molecule has 1 aliphatic rings. The number of carbonyl (C=O) groups excluding carboxylic acids is 1. The standard InChI is InChI=1S/C22H23ClN4O2/c23-16-3-6-20-19(13-16)18-7-11-27(14-28)22(21(18)26-20)15-1-4-17(5-2-15)29-12-10-25-9-8-24/h1-6,8-9,13-14,22,25-26H,7,10-12,24H2/b9-8-. The molecule has 1 amide bonds. The average molecular weight is 411 g/mol. The van der Waals surface area contributed by atoms with Gasteiger partial charge < -0.3 is 25.7 Å². The van der Waals surface area contributed by atoms with Gasteiger partial charge in [0.2, 0.25) is 6.41 Å². The van der Waals surface area contributed by atoms with E-state index in [0.717, 1.165) is 40.7 Å². The molecule has 0 bridgehead atoms. The topological polar surface area (TPSA) is 83.4 Å². The monoisotopic (exact) mass is 410 g/mol. The Morgan fingerprint density at radius 1 is 1.28 bits per heavy atom. The summed E-state index contributed by atoms with van der Waals surface area (Å²) in [5.74, 6) is 0.782. The van der Waals surface area contributed by atoms with Gasteiger partial charge in [-0.05, 0) is 47.9 Å². The largest absolute Gasteiger partial charge is 0.492 e. The number of benzene rings is 2. The van der Waals surface area contributed by atoms with Crippen molar-refractivity contribution < 1.29 is 9.53 Å². The maximum Gasteiger partial charge on any atom is 0.210 e. The zero-order valence-electron chi connectivity index (χ0n) is 15.9. The number of amides is 1. The number of H-pyrrole nitrogens is 1. The SMILES string of the molecule is N/C=C\NCCOc1ccc(C2c3[nH]c4ccc(Cl)cc4c3CCN2C=O)cc1. The number of fused-ring (bicyclic) bond motifs is 3. The third-order valence-electron chi connectivity index (χ3n) is 5.19. The van der Waals surface area contributed by atoms with Gasteiger partial charge in [-0.2, -0.15) is 0 Å². The van der Waals surface area contributed by atoms with Gasteiger partial charge in [0.15, 0.2) is 0 Å². The van der Waals surface area contributed by atoms with Crippen LogP contribution in [0.1, 0.15) is 22.9 Å². The number of carbonyl (C=O) groups is 1. The van der Waals surface area contributed by atoms with Gasteiger partial charge in [-0.3, -0.25) is 4.79 Å². The average Bonchev–Trinajstić information content (AvgIpc) is 3.11. The maximum atomic E-state index is 11.8. The van der Waals surface area contributed by atoms with Crippen LogP contribution in [0.5, 0.6) is 5.75 Å². The fourth-order valence-corrected chi connectivity index (χ4v) is 4.05. The van der Waals surface area contributed by atoms with Crippen molar-refractivity contribution in [3.8, 4) is 5.75 Å². The minimum atomic E-state index is -0.159. The van der Waals surface area contributed by atoms with Crippen molar-refractivity contribution in [1.82, 2.24) is 15.2 Å². The first-order valence-electron chi connectivity index (χ1n) is 9.55. The molecular weight excluding hydrogens is 388 g/mol. The van der Waals surface area contributed by atoms with Crippen molar-refractivity contribution in [2.75, 3.05) is 19.7 Å². The number of rotatable bonds is 7. The Hall–Kier alpha value is -3.12. The molecule has 0 saturated carbocycles.